The molecule has 4 heterocycles. The summed E-state index contributed by atoms with van der Waals surface area (Å²) in [6.45, 7) is 7.10. The van der Waals surface area contributed by atoms with E-state index in [0.717, 1.165) is 66.6 Å². The fraction of sp³-hybridized carbons (Fsp3) is 0.500. The summed E-state index contributed by atoms with van der Waals surface area (Å²) in [6, 6.07) is 6.92. The van der Waals surface area contributed by atoms with Crippen LogP contribution in [0.2, 0.25) is 0 Å². The Bertz CT molecular complexity index is 1040. The van der Waals surface area contributed by atoms with E-state index in [9.17, 15) is 0 Å². The van der Waals surface area contributed by atoms with Crippen molar-refractivity contribution in [1.82, 2.24) is 14.4 Å². The first-order chi connectivity index (χ1) is 15.0. The molecule has 0 spiro atoms. The number of rotatable bonds is 7. The summed E-state index contributed by atoms with van der Waals surface area (Å²) in [4.78, 5) is 14.4. The molecule has 1 fully saturated rings. The molecular formula is C24H33N5OS. The van der Waals surface area contributed by atoms with E-state index >= 15 is 0 Å². The third kappa shape index (κ3) is 4.26. The number of anilines is 2. The van der Waals surface area contributed by atoms with Crippen LogP contribution in [0.4, 0.5) is 11.6 Å². The van der Waals surface area contributed by atoms with E-state index in [1.165, 1.54) is 11.4 Å². The van der Waals surface area contributed by atoms with Crippen molar-refractivity contribution in [1.29, 1.82) is 0 Å². The smallest absolute Gasteiger partial charge is 0.147 e. The Morgan fingerprint density at radius 2 is 2.00 bits per heavy atom. The molecule has 0 saturated carbocycles. The molecule has 0 bridgehead atoms. The molecule has 1 aliphatic rings. The van der Waals surface area contributed by atoms with Crippen LogP contribution in [0.25, 0.3) is 16.8 Å². The number of ether oxygens (including phenoxy) is 1. The maximum absolute atomic E-state index is 5.64. The lowest BCUT2D eigenvalue weighted by molar-refractivity contribution is 0.0841. The van der Waals surface area contributed by atoms with Crippen molar-refractivity contribution in [3.8, 4) is 11.1 Å². The number of pyridine rings is 2. The standard InChI is InChI=1S/C24H33N5OS/c1-6-11-28(18-9-13-30-14-10-18)24-23(31-5)26-22-19(8-7-12-29(22)24)20-16-25-21(27(3)4)15-17(20)2/h7-8,12,15-16,18H,6,9-11,13-14H2,1-5H3. The van der Waals surface area contributed by atoms with Crippen LogP contribution in [0, 0.1) is 6.92 Å². The van der Waals surface area contributed by atoms with Gasteiger partial charge in [0, 0.05) is 63.4 Å². The molecule has 0 unspecified atom stereocenters. The SMILES string of the molecule is CCCN(c1c(SC)nc2c(-c3cnc(N(C)C)cc3C)cccn12)C1CCOCC1. The number of aryl methyl sites for hydroxylation is 1. The van der Waals surface area contributed by atoms with Crippen LogP contribution in [0.3, 0.4) is 0 Å². The second-order valence-corrected chi connectivity index (χ2v) is 9.14. The van der Waals surface area contributed by atoms with Gasteiger partial charge in [-0.15, -0.1) is 11.8 Å². The molecule has 0 amide bonds. The molecule has 0 atom stereocenters. The number of aromatic nitrogens is 3. The highest BCUT2D eigenvalue weighted by Crippen LogP contribution is 2.37. The highest BCUT2D eigenvalue weighted by atomic mass is 32.2. The van der Waals surface area contributed by atoms with Gasteiger partial charge in [0.05, 0.1) is 0 Å². The molecule has 3 aromatic rings. The second kappa shape index (κ2) is 9.49. The van der Waals surface area contributed by atoms with Gasteiger partial charge < -0.3 is 14.5 Å². The first-order valence-corrected chi connectivity index (χ1v) is 12.3. The van der Waals surface area contributed by atoms with Crippen molar-refractivity contribution in [2.24, 2.45) is 0 Å². The van der Waals surface area contributed by atoms with E-state index in [-0.39, 0.29) is 0 Å². The minimum Gasteiger partial charge on any atom is -0.381 e. The zero-order valence-electron chi connectivity index (χ0n) is 19.3. The minimum absolute atomic E-state index is 0.492. The third-order valence-electron chi connectivity index (χ3n) is 6.00. The Kier molecular flexibility index (Phi) is 6.72. The van der Waals surface area contributed by atoms with Crippen LogP contribution in [-0.2, 0) is 4.74 Å². The first kappa shape index (κ1) is 22.0. The van der Waals surface area contributed by atoms with Crippen molar-refractivity contribution in [2.75, 3.05) is 49.9 Å². The van der Waals surface area contributed by atoms with E-state index in [1.807, 2.05) is 25.2 Å². The van der Waals surface area contributed by atoms with Crippen LogP contribution in [0.1, 0.15) is 31.7 Å². The summed E-state index contributed by atoms with van der Waals surface area (Å²) in [5, 5.41) is 1.09. The fourth-order valence-corrected chi connectivity index (χ4v) is 4.99. The van der Waals surface area contributed by atoms with Gasteiger partial charge in [-0.2, -0.15) is 0 Å². The van der Waals surface area contributed by atoms with E-state index in [2.05, 4.69) is 58.8 Å². The van der Waals surface area contributed by atoms with E-state index in [4.69, 9.17) is 9.72 Å². The van der Waals surface area contributed by atoms with Crippen LogP contribution in [-0.4, -0.2) is 60.5 Å². The Balaban J connectivity index is 1.85. The molecule has 31 heavy (non-hydrogen) atoms. The lowest BCUT2D eigenvalue weighted by atomic mass is 10.0. The van der Waals surface area contributed by atoms with Crippen molar-refractivity contribution in [2.45, 2.75) is 44.2 Å². The van der Waals surface area contributed by atoms with Gasteiger partial charge in [0.15, 0.2) is 0 Å². The summed E-state index contributed by atoms with van der Waals surface area (Å²) in [7, 11) is 4.04. The van der Waals surface area contributed by atoms with Gasteiger partial charge in [-0.1, -0.05) is 6.92 Å². The molecule has 0 radical (unpaired) electrons. The zero-order chi connectivity index (χ0) is 22.0. The molecule has 1 aliphatic heterocycles. The molecule has 7 heteroatoms. The lowest BCUT2D eigenvalue weighted by Gasteiger charge is -2.35. The summed E-state index contributed by atoms with van der Waals surface area (Å²) >= 11 is 1.73. The summed E-state index contributed by atoms with van der Waals surface area (Å²) in [6.07, 6.45) is 9.49. The van der Waals surface area contributed by atoms with Crippen molar-refractivity contribution in [3.63, 3.8) is 0 Å². The summed E-state index contributed by atoms with van der Waals surface area (Å²) in [5.41, 5.74) is 4.46. The molecule has 0 aliphatic carbocycles. The maximum Gasteiger partial charge on any atom is 0.147 e. The van der Waals surface area contributed by atoms with E-state index < -0.39 is 0 Å². The lowest BCUT2D eigenvalue weighted by Crippen LogP contribution is -2.41. The Hall–Kier alpha value is -2.25. The highest BCUT2D eigenvalue weighted by Gasteiger charge is 2.27. The number of nitrogens with zero attached hydrogens (tertiary/aromatic N) is 5. The number of thioether (sulfide) groups is 1. The van der Waals surface area contributed by atoms with Crippen molar-refractivity contribution < 1.29 is 4.74 Å². The number of hydrogen-bond donors (Lipinski definition) is 0. The second-order valence-electron chi connectivity index (χ2n) is 8.35. The fourth-order valence-electron chi connectivity index (χ4n) is 4.41. The van der Waals surface area contributed by atoms with Crippen molar-refractivity contribution >= 4 is 29.0 Å². The normalized spacial score (nSPS) is 14.9. The monoisotopic (exact) mass is 439 g/mol. The average Bonchev–Trinajstić information content (AvgIpc) is 3.16. The van der Waals surface area contributed by atoms with E-state index in [0.29, 0.717) is 6.04 Å². The Labute approximate surface area is 189 Å². The predicted molar refractivity (Wildman–Crippen MR) is 131 cm³/mol. The number of hydrogen-bond acceptors (Lipinski definition) is 6. The minimum atomic E-state index is 0.492. The molecule has 0 aromatic carbocycles. The van der Waals surface area contributed by atoms with Crippen LogP contribution < -0.4 is 9.80 Å². The molecule has 4 rings (SSSR count). The number of imidazole rings is 1. The van der Waals surface area contributed by atoms with Gasteiger partial charge in [0.25, 0.3) is 0 Å². The van der Waals surface area contributed by atoms with Gasteiger partial charge in [-0.25, -0.2) is 9.97 Å². The average molecular weight is 440 g/mol. The zero-order valence-corrected chi connectivity index (χ0v) is 20.1. The molecule has 166 valence electrons. The summed E-state index contributed by atoms with van der Waals surface area (Å²) < 4.78 is 7.92. The van der Waals surface area contributed by atoms with Gasteiger partial charge in [0.1, 0.15) is 22.3 Å². The molecular weight excluding hydrogens is 406 g/mol. The molecule has 6 nitrogen and oxygen atoms in total. The van der Waals surface area contributed by atoms with Crippen LogP contribution in [0.5, 0.6) is 0 Å². The van der Waals surface area contributed by atoms with Gasteiger partial charge >= 0.3 is 0 Å². The van der Waals surface area contributed by atoms with Crippen LogP contribution >= 0.6 is 11.8 Å². The first-order valence-electron chi connectivity index (χ1n) is 11.1. The summed E-state index contributed by atoms with van der Waals surface area (Å²) in [5.74, 6) is 2.18. The predicted octanol–water partition coefficient (Wildman–Crippen LogP) is 4.89. The topological polar surface area (TPSA) is 45.9 Å². The quantitative estimate of drug-likeness (QED) is 0.489. The Morgan fingerprint density at radius 3 is 2.65 bits per heavy atom. The third-order valence-corrected chi connectivity index (χ3v) is 6.66. The van der Waals surface area contributed by atoms with Crippen molar-refractivity contribution in [3.05, 3.63) is 36.2 Å². The molecule has 0 N–H and O–H groups in total. The highest BCUT2D eigenvalue weighted by molar-refractivity contribution is 7.98. The largest absolute Gasteiger partial charge is 0.381 e. The van der Waals surface area contributed by atoms with E-state index in [1.54, 1.807) is 11.8 Å². The van der Waals surface area contributed by atoms with Crippen LogP contribution in [0.15, 0.2) is 35.6 Å². The van der Waals surface area contributed by atoms with Gasteiger partial charge in [-0.3, -0.25) is 4.40 Å². The Morgan fingerprint density at radius 1 is 1.23 bits per heavy atom. The number of fused-ring (bicyclic) bond motifs is 1. The maximum atomic E-state index is 5.64. The molecule has 1 saturated heterocycles. The van der Waals surface area contributed by atoms with Gasteiger partial charge in [0.2, 0.25) is 0 Å². The molecule has 3 aromatic heterocycles. The van der Waals surface area contributed by atoms with Gasteiger partial charge in [-0.05, 0) is 56.2 Å².